The van der Waals surface area contributed by atoms with Gasteiger partial charge in [0, 0.05) is 0 Å². The van der Waals surface area contributed by atoms with Crippen LogP contribution in [-0.4, -0.2) is 35.1 Å². The van der Waals surface area contributed by atoms with Crippen LogP contribution in [0, 0.1) is 0 Å². The Morgan fingerprint density at radius 2 is 1.14 bits per heavy atom. The second-order valence-electron chi connectivity index (χ2n) is 9.06. The molecule has 0 aliphatic rings. The Kier molecular flexibility index (Phi) is 7.04. The average molecular weight is 345 g/mol. The van der Waals surface area contributed by atoms with Crippen LogP contribution in [0.15, 0.2) is 12.7 Å². The van der Waals surface area contributed by atoms with Crippen molar-refractivity contribution in [2.75, 3.05) is 0 Å². The quantitative estimate of drug-likeness (QED) is 0.364. The largest absolute Gasteiger partial charge is 0.407 e. The van der Waals surface area contributed by atoms with Crippen LogP contribution in [0.25, 0.3) is 0 Å². The van der Waals surface area contributed by atoms with Crippen LogP contribution in [0.3, 0.4) is 0 Å². The molecule has 0 bridgehead atoms. The third kappa shape index (κ3) is 5.44. The first kappa shape index (κ1) is 21.8. The van der Waals surface area contributed by atoms with Gasteiger partial charge in [0.1, 0.15) is 6.10 Å². The van der Waals surface area contributed by atoms with Crippen molar-refractivity contribution >= 4 is 22.9 Å². The van der Waals surface area contributed by atoms with Crippen LogP contribution in [0.2, 0.25) is 36.3 Å². The van der Waals surface area contributed by atoms with E-state index in [2.05, 4.69) is 74.3 Å². The zero-order valence-corrected chi connectivity index (χ0v) is 18.2. The van der Waals surface area contributed by atoms with Crippen LogP contribution >= 0.6 is 0 Å². The van der Waals surface area contributed by atoms with Crippen molar-refractivity contribution in [3.63, 3.8) is 0 Å². The molecular weight excluding hydrogens is 308 g/mol. The molecule has 0 N–H and O–H groups in total. The Hall–Kier alpha value is -0.236. The van der Waals surface area contributed by atoms with Gasteiger partial charge in [-0.1, -0.05) is 47.6 Å². The molecule has 0 spiro atoms. The monoisotopic (exact) mass is 344 g/mol. The lowest BCUT2D eigenvalue weighted by atomic mass is 10.2. The van der Waals surface area contributed by atoms with E-state index in [4.69, 9.17) is 8.85 Å². The highest BCUT2D eigenvalue weighted by Crippen LogP contribution is 2.40. The lowest BCUT2D eigenvalue weighted by Gasteiger charge is -2.43. The first-order valence-electron chi connectivity index (χ1n) is 8.02. The molecule has 130 valence electrons. The minimum Gasteiger partial charge on any atom is -0.407 e. The van der Waals surface area contributed by atoms with Gasteiger partial charge in [-0.2, -0.15) is 0 Å². The third-order valence-electron chi connectivity index (χ3n) is 5.16. The van der Waals surface area contributed by atoms with Gasteiger partial charge in [0.25, 0.3) is 0 Å². The predicted octanol–water partition coefficient (Wildman–Crippen LogP) is 5.15. The van der Waals surface area contributed by atoms with E-state index in [1.807, 2.05) is 0 Å². The summed E-state index contributed by atoms with van der Waals surface area (Å²) in [6.45, 7) is 25.6. The summed E-state index contributed by atoms with van der Waals surface area (Å²) in [6.07, 6.45) is 1.63. The SMILES string of the molecule is C=C[C@H](O[Si](C)(C)C(C)(C)C)[C@H](C=O)O[Si](C)(C)C(C)(C)C. The van der Waals surface area contributed by atoms with Gasteiger partial charge in [-0.05, 0) is 36.3 Å². The van der Waals surface area contributed by atoms with E-state index in [1.165, 1.54) is 0 Å². The van der Waals surface area contributed by atoms with Crippen molar-refractivity contribution in [2.45, 2.75) is 90.0 Å². The summed E-state index contributed by atoms with van der Waals surface area (Å²) < 4.78 is 12.6. The van der Waals surface area contributed by atoms with Crippen molar-refractivity contribution < 1.29 is 13.6 Å². The van der Waals surface area contributed by atoms with E-state index in [0.717, 1.165) is 6.29 Å². The van der Waals surface area contributed by atoms with E-state index in [-0.39, 0.29) is 16.2 Å². The molecule has 0 aliphatic carbocycles. The number of rotatable bonds is 7. The van der Waals surface area contributed by atoms with Crippen molar-refractivity contribution in [3.05, 3.63) is 12.7 Å². The van der Waals surface area contributed by atoms with Gasteiger partial charge in [0.15, 0.2) is 22.9 Å². The van der Waals surface area contributed by atoms with Crippen molar-refractivity contribution in [2.24, 2.45) is 0 Å². The summed E-state index contributed by atoms with van der Waals surface area (Å²) >= 11 is 0. The molecule has 0 rings (SSSR count). The lowest BCUT2D eigenvalue weighted by molar-refractivity contribution is -0.117. The Labute approximate surface area is 139 Å². The van der Waals surface area contributed by atoms with E-state index in [9.17, 15) is 4.79 Å². The van der Waals surface area contributed by atoms with Gasteiger partial charge in [-0.3, -0.25) is 0 Å². The van der Waals surface area contributed by atoms with E-state index in [1.54, 1.807) is 6.08 Å². The first-order valence-corrected chi connectivity index (χ1v) is 13.8. The van der Waals surface area contributed by atoms with Gasteiger partial charge in [-0.25, -0.2) is 0 Å². The molecule has 2 atom stereocenters. The van der Waals surface area contributed by atoms with E-state index < -0.39 is 22.7 Å². The van der Waals surface area contributed by atoms with Gasteiger partial charge in [0.05, 0.1) is 6.10 Å². The molecule has 0 aliphatic heterocycles. The summed E-state index contributed by atoms with van der Waals surface area (Å²) in [5.74, 6) is 0. The fourth-order valence-electron chi connectivity index (χ4n) is 1.46. The maximum atomic E-state index is 11.6. The van der Waals surface area contributed by atoms with Gasteiger partial charge < -0.3 is 13.6 Å². The number of carbonyl (C=O) groups excluding carboxylic acids is 1. The molecule has 0 aromatic rings. The molecule has 0 radical (unpaired) electrons. The van der Waals surface area contributed by atoms with E-state index >= 15 is 0 Å². The summed E-state index contributed by atoms with van der Waals surface area (Å²) in [5, 5.41) is 0.135. The first-order chi connectivity index (χ1) is 9.59. The van der Waals surface area contributed by atoms with Gasteiger partial charge in [-0.15, -0.1) is 6.58 Å². The molecule has 0 amide bonds. The molecule has 0 unspecified atom stereocenters. The van der Waals surface area contributed by atoms with Crippen molar-refractivity contribution in [1.82, 2.24) is 0 Å². The van der Waals surface area contributed by atoms with Gasteiger partial charge >= 0.3 is 0 Å². The summed E-state index contributed by atoms with van der Waals surface area (Å²) in [6, 6.07) is 0. The summed E-state index contributed by atoms with van der Waals surface area (Å²) in [7, 11) is -4.02. The zero-order valence-electron chi connectivity index (χ0n) is 16.2. The second-order valence-corrected chi connectivity index (χ2v) is 18.6. The lowest BCUT2D eigenvalue weighted by Crippen LogP contribution is -2.51. The highest BCUT2D eigenvalue weighted by atomic mass is 28.4. The standard InChI is InChI=1S/C17H36O3Si2/c1-12-14(19-21(8,9)16(2,3)4)15(13-18)20-22(10,11)17(5,6)7/h12-15H,1H2,2-11H3/t14-,15-/m0/s1. The normalized spacial score (nSPS) is 17.0. The highest BCUT2D eigenvalue weighted by molar-refractivity contribution is 6.74. The maximum absolute atomic E-state index is 11.6. The summed E-state index contributed by atoms with van der Waals surface area (Å²) in [4.78, 5) is 11.6. The van der Waals surface area contributed by atoms with Crippen LogP contribution in [0.5, 0.6) is 0 Å². The van der Waals surface area contributed by atoms with Crippen LogP contribution in [-0.2, 0) is 13.6 Å². The highest BCUT2D eigenvalue weighted by Gasteiger charge is 2.44. The minimum atomic E-state index is -2.03. The zero-order chi connectivity index (χ0) is 18.0. The number of carbonyl (C=O) groups is 1. The molecule has 0 fully saturated rings. The topological polar surface area (TPSA) is 35.5 Å². The Bertz CT molecular complexity index is 352. The fourth-order valence-corrected chi connectivity index (χ4v) is 3.94. The molecule has 0 saturated carbocycles. The minimum absolute atomic E-state index is 0.0525. The van der Waals surface area contributed by atoms with Crippen LogP contribution < -0.4 is 0 Å². The third-order valence-corrected chi connectivity index (χ3v) is 14.1. The molecule has 0 aromatic carbocycles. The summed E-state index contributed by atoms with van der Waals surface area (Å²) in [5.41, 5.74) is 0. The smallest absolute Gasteiger partial charge is 0.193 e. The molecular formula is C17H36O3Si2. The molecule has 0 aromatic heterocycles. The number of aldehydes is 1. The Morgan fingerprint density at radius 1 is 0.818 bits per heavy atom. The number of hydrogen-bond donors (Lipinski definition) is 0. The van der Waals surface area contributed by atoms with Crippen LogP contribution in [0.1, 0.15) is 41.5 Å². The van der Waals surface area contributed by atoms with Crippen molar-refractivity contribution in [1.29, 1.82) is 0 Å². The average Bonchev–Trinajstić information content (AvgIpc) is 2.30. The molecule has 0 heterocycles. The Morgan fingerprint density at radius 3 is 1.36 bits per heavy atom. The van der Waals surface area contributed by atoms with Crippen LogP contribution in [0.4, 0.5) is 0 Å². The molecule has 22 heavy (non-hydrogen) atoms. The molecule has 5 heteroatoms. The second kappa shape index (κ2) is 7.11. The molecule has 0 saturated heterocycles. The van der Waals surface area contributed by atoms with E-state index in [0.29, 0.717) is 0 Å². The Balaban J connectivity index is 5.29. The number of hydrogen-bond acceptors (Lipinski definition) is 3. The predicted molar refractivity (Wildman–Crippen MR) is 100 cm³/mol. The maximum Gasteiger partial charge on any atom is 0.193 e. The van der Waals surface area contributed by atoms with Gasteiger partial charge in [0.2, 0.25) is 0 Å². The fraction of sp³-hybridized carbons (Fsp3) is 0.824. The van der Waals surface area contributed by atoms with Crippen molar-refractivity contribution in [3.8, 4) is 0 Å². The molecule has 3 nitrogen and oxygen atoms in total.